The first-order valence-corrected chi connectivity index (χ1v) is 5.41. The number of esters is 2. The number of ether oxygens (including phenoxy) is 2. The summed E-state index contributed by atoms with van der Waals surface area (Å²) in [5.74, 6) is -6.59. The SMILES string of the molecule is N#Cc1cc(OC(=O)C(N)=O)c(Cl)c(OC(=O)C(N)=O)c1. The zero-order chi connectivity index (χ0) is 16.2. The lowest BCUT2D eigenvalue weighted by molar-refractivity contribution is -0.146. The lowest BCUT2D eigenvalue weighted by Crippen LogP contribution is -2.28. The molecule has 0 heterocycles. The van der Waals surface area contributed by atoms with Gasteiger partial charge in [-0.1, -0.05) is 11.6 Å². The van der Waals surface area contributed by atoms with Gasteiger partial charge in [0.1, 0.15) is 5.02 Å². The van der Waals surface area contributed by atoms with Crippen LogP contribution >= 0.6 is 11.6 Å². The molecular formula is C11H6ClN3O6. The minimum absolute atomic E-state index is 0.126. The molecule has 1 aromatic rings. The molecule has 4 N–H and O–H groups in total. The summed E-state index contributed by atoms with van der Waals surface area (Å²) in [6, 6.07) is 3.68. The lowest BCUT2D eigenvalue weighted by atomic mass is 10.2. The van der Waals surface area contributed by atoms with E-state index in [1.807, 2.05) is 0 Å². The summed E-state index contributed by atoms with van der Waals surface area (Å²) in [6.45, 7) is 0. The third-order valence-electron chi connectivity index (χ3n) is 1.94. The molecule has 0 aromatic heterocycles. The van der Waals surface area contributed by atoms with E-state index >= 15 is 0 Å². The Labute approximate surface area is 122 Å². The number of hydrogen-bond donors (Lipinski definition) is 2. The molecule has 0 aliphatic heterocycles. The molecule has 0 aliphatic carbocycles. The van der Waals surface area contributed by atoms with Crippen molar-refractivity contribution in [1.29, 1.82) is 5.26 Å². The second-order valence-electron chi connectivity index (χ2n) is 3.41. The summed E-state index contributed by atoms with van der Waals surface area (Å²) >= 11 is 5.77. The van der Waals surface area contributed by atoms with E-state index in [9.17, 15) is 19.2 Å². The maximum Gasteiger partial charge on any atom is 0.402 e. The van der Waals surface area contributed by atoms with Gasteiger partial charge >= 0.3 is 23.8 Å². The van der Waals surface area contributed by atoms with Crippen molar-refractivity contribution in [2.45, 2.75) is 0 Å². The number of rotatable bonds is 2. The fraction of sp³-hybridized carbons (Fsp3) is 0. The zero-order valence-electron chi connectivity index (χ0n) is 10.1. The van der Waals surface area contributed by atoms with Gasteiger partial charge in [-0.2, -0.15) is 5.26 Å². The number of carbonyl (C=O) groups is 4. The monoisotopic (exact) mass is 311 g/mol. The van der Waals surface area contributed by atoms with Crippen LogP contribution < -0.4 is 20.9 Å². The number of nitriles is 1. The van der Waals surface area contributed by atoms with Crippen molar-refractivity contribution in [3.05, 3.63) is 22.7 Å². The van der Waals surface area contributed by atoms with E-state index in [0.29, 0.717) is 0 Å². The Morgan fingerprint density at radius 1 is 1.00 bits per heavy atom. The van der Waals surface area contributed by atoms with E-state index < -0.39 is 40.3 Å². The van der Waals surface area contributed by atoms with Crippen LogP contribution in [0.3, 0.4) is 0 Å². The van der Waals surface area contributed by atoms with Gasteiger partial charge in [-0.25, -0.2) is 9.59 Å². The Kier molecular flexibility index (Phi) is 4.82. The Morgan fingerprint density at radius 2 is 1.38 bits per heavy atom. The molecule has 1 aromatic carbocycles. The second-order valence-corrected chi connectivity index (χ2v) is 3.78. The molecule has 0 fully saturated rings. The highest BCUT2D eigenvalue weighted by Gasteiger charge is 2.21. The first kappa shape index (κ1) is 15.9. The van der Waals surface area contributed by atoms with Crippen LogP contribution in [-0.2, 0) is 19.2 Å². The largest absolute Gasteiger partial charge is 0.418 e. The predicted octanol–water partition coefficient (Wildman–Crippen LogP) is -1.01. The van der Waals surface area contributed by atoms with Crippen LogP contribution in [0.15, 0.2) is 12.1 Å². The Hall–Kier alpha value is -3.12. The Morgan fingerprint density at radius 3 is 1.67 bits per heavy atom. The highest BCUT2D eigenvalue weighted by atomic mass is 35.5. The van der Waals surface area contributed by atoms with Gasteiger partial charge in [0.25, 0.3) is 0 Å². The van der Waals surface area contributed by atoms with Gasteiger partial charge in [-0.15, -0.1) is 0 Å². The minimum atomic E-state index is -1.45. The highest BCUT2D eigenvalue weighted by Crippen LogP contribution is 2.35. The van der Waals surface area contributed by atoms with Crippen molar-refractivity contribution in [2.24, 2.45) is 11.5 Å². The van der Waals surface area contributed by atoms with Crippen molar-refractivity contribution in [3.63, 3.8) is 0 Å². The number of nitrogens with two attached hydrogens (primary N) is 2. The fourth-order valence-corrected chi connectivity index (χ4v) is 1.27. The molecular weight excluding hydrogens is 306 g/mol. The second kappa shape index (κ2) is 6.36. The van der Waals surface area contributed by atoms with Crippen LogP contribution in [0.4, 0.5) is 0 Å². The number of carbonyl (C=O) groups excluding carboxylic acids is 4. The maximum absolute atomic E-state index is 11.1. The standard InChI is InChI=1S/C11H6ClN3O6/c12-7-5(20-10(18)8(14)16)1-4(3-13)2-6(7)21-11(19)9(15)17/h1-2H,(H2,14,16)(H2,15,17). The quantitative estimate of drug-likeness (QED) is 0.401. The van der Waals surface area contributed by atoms with Crippen LogP contribution in [0.25, 0.3) is 0 Å². The van der Waals surface area contributed by atoms with Gasteiger partial charge in [0.05, 0.1) is 11.6 Å². The molecule has 9 nitrogen and oxygen atoms in total. The zero-order valence-corrected chi connectivity index (χ0v) is 10.8. The maximum atomic E-state index is 11.1. The van der Waals surface area contributed by atoms with E-state index in [2.05, 4.69) is 9.47 Å². The average Bonchev–Trinajstić information content (AvgIpc) is 2.42. The topological polar surface area (TPSA) is 163 Å². The fourth-order valence-electron chi connectivity index (χ4n) is 1.09. The molecule has 0 radical (unpaired) electrons. The first-order chi connectivity index (χ1) is 9.76. The number of primary amides is 2. The van der Waals surface area contributed by atoms with Gasteiger partial charge in [0.2, 0.25) is 0 Å². The Bertz CT molecular complexity index is 645. The van der Waals surface area contributed by atoms with Crippen molar-refractivity contribution in [1.82, 2.24) is 0 Å². The molecule has 108 valence electrons. The number of benzene rings is 1. The minimum Gasteiger partial charge on any atom is -0.418 e. The number of nitrogens with zero attached hydrogens (tertiary/aromatic N) is 1. The average molecular weight is 312 g/mol. The summed E-state index contributed by atoms with van der Waals surface area (Å²) < 4.78 is 9.06. The summed E-state index contributed by atoms with van der Waals surface area (Å²) in [4.78, 5) is 43.4. The van der Waals surface area contributed by atoms with E-state index in [-0.39, 0.29) is 5.56 Å². The van der Waals surface area contributed by atoms with Crippen molar-refractivity contribution >= 4 is 35.4 Å². The van der Waals surface area contributed by atoms with Crippen LogP contribution in [0, 0.1) is 11.3 Å². The van der Waals surface area contributed by atoms with Crippen LogP contribution in [0.2, 0.25) is 5.02 Å². The summed E-state index contributed by atoms with van der Waals surface area (Å²) in [6.07, 6.45) is 0. The molecule has 0 saturated heterocycles. The Balaban J connectivity index is 3.24. The third-order valence-corrected chi connectivity index (χ3v) is 2.32. The molecule has 0 aliphatic rings. The molecule has 1 rings (SSSR count). The molecule has 10 heteroatoms. The summed E-state index contributed by atoms with van der Waals surface area (Å²) in [5.41, 5.74) is 9.26. The van der Waals surface area contributed by atoms with Gasteiger partial charge in [-0.3, -0.25) is 9.59 Å². The molecule has 0 unspecified atom stereocenters. The number of amides is 2. The lowest BCUT2D eigenvalue weighted by Gasteiger charge is -2.09. The number of halogens is 1. The smallest absolute Gasteiger partial charge is 0.402 e. The van der Waals surface area contributed by atoms with Crippen LogP contribution in [0.5, 0.6) is 11.5 Å². The highest BCUT2D eigenvalue weighted by molar-refractivity contribution is 6.36. The third kappa shape index (κ3) is 3.92. The van der Waals surface area contributed by atoms with Crippen molar-refractivity contribution in [3.8, 4) is 17.6 Å². The van der Waals surface area contributed by atoms with Gasteiger partial charge in [0.15, 0.2) is 11.5 Å². The summed E-state index contributed by atoms with van der Waals surface area (Å²) in [5, 5.41) is 8.37. The van der Waals surface area contributed by atoms with E-state index in [1.165, 1.54) is 0 Å². The van der Waals surface area contributed by atoms with Crippen LogP contribution in [0.1, 0.15) is 5.56 Å². The van der Waals surface area contributed by atoms with Gasteiger partial charge in [-0.05, 0) is 0 Å². The normalized spacial score (nSPS) is 9.33. The van der Waals surface area contributed by atoms with Crippen molar-refractivity contribution in [2.75, 3.05) is 0 Å². The molecule has 21 heavy (non-hydrogen) atoms. The van der Waals surface area contributed by atoms with Crippen molar-refractivity contribution < 1.29 is 28.7 Å². The molecule has 0 atom stereocenters. The molecule has 0 saturated carbocycles. The van der Waals surface area contributed by atoms with Gasteiger partial charge < -0.3 is 20.9 Å². The predicted molar refractivity (Wildman–Crippen MR) is 65.8 cm³/mol. The molecule has 2 amide bonds. The van der Waals surface area contributed by atoms with Crippen LogP contribution in [-0.4, -0.2) is 23.8 Å². The number of hydrogen-bond acceptors (Lipinski definition) is 7. The van der Waals surface area contributed by atoms with Gasteiger partial charge in [0, 0.05) is 12.1 Å². The first-order valence-electron chi connectivity index (χ1n) is 5.03. The summed E-state index contributed by atoms with van der Waals surface area (Å²) in [7, 11) is 0. The van der Waals surface area contributed by atoms with E-state index in [4.69, 9.17) is 28.3 Å². The molecule has 0 spiro atoms. The molecule has 0 bridgehead atoms. The van der Waals surface area contributed by atoms with E-state index in [0.717, 1.165) is 12.1 Å². The van der Waals surface area contributed by atoms with E-state index in [1.54, 1.807) is 6.07 Å².